The number of aromatic carboxylic acids is 1. The molecule has 0 heterocycles. The second-order valence-electron chi connectivity index (χ2n) is 2.17. The van der Waals surface area contributed by atoms with E-state index in [1.165, 1.54) is 6.07 Å². The van der Waals surface area contributed by atoms with Crippen molar-refractivity contribution in [1.82, 2.24) is 0 Å². The Morgan fingerprint density at radius 3 is 1.83 bits per heavy atom. The first-order chi connectivity index (χ1) is 6.99. The van der Waals surface area contributed by atoms with Gasteiger partial charge in [0.05, 0.1) is 0 Å². The van der Waals surface area contributed by atoms with Gasteiger partial charge in [-0.15, -0.1) is 0 Å². The summed E-state index contributed by atoms with van der Waals surface area (Å²) < 4.78 is 4.80. The molecule has 1 N–H and O–H groups in total. The van der Waals surface area contributed by atoms with E-state index in [9.17, 15) is 4.79 Å². The number of carboxylic acids is 1. The average Bonchev–Trinajstić information content (AvgIpc) is 2.16. The van der Waals surface area contributed by atoms with Gasteiger partial charge in [0, 0.05) is 0 Å². The third-order valence-corrected chi connectivity index (χ3v) is 1.68. The van der Waals surface area contributed by atoms with Gasteiger partial charge in [-0.2, -0.15) is 0 Å². The molecule has 0 aliphatic heterocycles. The van der Waals surface area contributed by atoms with Crippen molar-refractivity contribution in [2.24, 2.45) is 0 Å². The minimum absolute atomic E-state index is 0. The molecule has 1 aromatic carbocycles. The number of rotatable bonds is 2. The molecule has 82 valence electrons. The average molecular weight is 344 g/mol. The summed E-state index contributed by atoms with van der Waals surface area (Å²) in [6, 6.07) is 6.48. The van der Waals surface area contributed by atoms with Gasteiger partial charge in [0.2, 0.25) is 0 Å². The van der Waals surface area contributed by atoms with Gasteiger partial charge in [0.15, 0.2) is 23.0 Å². The molecule has 6 nitrogen and oxygen atoms in total. The second kappa shape index (κ2) is 16.0. The standard InChI is InChI=1S/C7H5IO3.BO3.3Li/c8-11-6-4-2-1-3-5(6)7(9)10;2-1(3)4;;;/h1-4H,(H,9,10);;;;/q;-3;3*+1. The van der Waals surface area contributed by atoms with Crippen LogP contribution in [-0.4, -0.2) is 18.4 Å². The van der Waals surface area contributed by atoms with Crippen LogP contribution >= 0.6 is 23.0 Å². The van der Waals surface area contributed by atoms with Gasteiger partial charge in [-0.3, -0.25) is 7.32 Å². The van der Waals surface area contributed by atoms with Crippen LogP contribution in [-0.2, 0) is 0 Å². The summed E-state index contributed by atoms with van der Waals surface area (Å²) >= 11 is 1.65. The number of para-hydroxylation sites is 1. The molecule has 0 saturated heterocycles. The molecule has 0 saturated carbocycles. The molecule has 0 aromatic heterocycles. The van der Waals surface area contributed by atoms with Crippen molar-refractivity contribution >= 4 is 36.3 Å². The van der Waals surface area contributed by atoms with Crippen LogP contribution in [0.3, 0.4) is 0 Å². The third-order valence-electron chi connectivity index (χ3n) is 1.20. The van der Waals surface area contributed by atoms with Gasteiger partial charge >= 0.3 is 62.6 Å². The summed E-state index contributed by atoms with van der Waals surface area (Å²) in [5.74, 6) is -0.599. The fourth-order valence-electron chi connectivity index (χ4n) is 0.711. The van der Waals surface area contributed by atoms with E-state index in [1.807, 2.05) is 0 Å². The summed E-state index contributed by atoms with van der Waals surface area (Å²) in [5.41, 5.74) is 0.182. The van der Waals surface area contributed by atoms with Gasteiger partial charge in [0.25, 0.3) is 0 Å². The van der Waals surface area contributed by atoms with Crippen LogP contribution in [0, 0.1) is 0 Å². The van der Waals surface area contributed by atoms with Gasteiger partial charge in [-0.1, -0.05) is 12.1 Å². The zero-order chi connectivity index (χ0) is 11.8. The van der Waals surface area contributed by atoms with Crippen LogP contribution in [0.4, 0.5) is 0 Å². The van der Waals surface area contributed by atoms with Crippen molar-refractivity contribution < 1.29 is 84.6 Å². The largest absolute Gasteiger partial charge is 1.00 e. The molecular formula is C7H5BILi3O6. The Bertz CT molecular complexity index is 327. The van der Waals surface area contributed by atoms with E-state index < -0.39 is 13.3 Å². The molecule has 0 spiro atoms. The predicted octanol–water partition coefficient (Wildman–Crippen LogP) is -10.8. The third kappa shape index (κ3) is 13.4. The first-order valence-electron chi connectivity index (χ1n) is 3.57. The summed E-state index contributed by atoms with van der Waals surface area (Å²) in [5, 5.41) is 33.9. The van der Waals surface area contributed by atoms with E-state index >= 15 is 0 Å². The normalized spacial score (nSPS) is 7.11. The van der Waals surface area contributed by atoms with E-state index in [2.05, 4.69) is 0 Å². The summed E-state index contributed by atoms with van der Waals surface area (Å²) in [6.45, 7) is 0. The quantitative estimate of drug-likeness (QED) is 0.421. The topological polar surface area (TPSA) is 116 Å². The Morgan fingerprint density at radius 1 is 1.17 bits per heavy atom. The zero-order valence-electron chi connectivity index (χ0n) is 10.3. The van der Waals surface area contributed by atoms with E-state index in [0.29, 0.717) is 5.75 Å². The number of benzene rings is 1. The molecule has 0 bridgehead atoms. The minimum atomic E-state index is -2.92. The van der Waals surface area contributed by atoms with E-state index in [4.69, 9.17) is 23.2 Å². The minimum Gasteiger partial charge on any atom is -0.907 e. The molecule has 0 atom stereocenters. The van der Waals surface area contributed by atoms with Gasteiger partial charge in [0.1, 0.15) is 11.3 Å². The van der Waals surface area contributed by atoms with E-state index in [1.54, 1.807) is 41.2 Å². The molecule has 18 heavy (non-hydrogen) atoms. The van der Waals surface area contributed by atoms with Gasteiger partial charge in [-0.05, 0) is 12.1 Å². The first kappa shape index (κ1) is 27.3. The molecule has 1 rings (SSSR count). The van der Waals surface area contributed by atoms with Crippen molar-refractivity contribution in [2.45, 2.75) is 0 Å². The van der Waals surface area contributed by atoms with Crippen molar-refractivity contribution in [1.29, 1.82) is 0 Å². The Kier molecular flexibility index (Phi) is 24.3. The molecule has 1 aromatic rings. The zero-order valence-corrected chi connectivity index (χ0v) is 12.4. The SMILES string of the molecule is O=C(O)c1ccccc1OI.[Li+].[Li+].[Li+].[O-]B([O-])[O-]. The van der Waals surface area contributed by atoms with Crippen molar-refractivity contribution in [3.63, 3.8) is 0 Å². The van der Waals surface area contributed by atoms with Crippen LogP contribution in [0.25, 0.3) is 0 Å². The molecule has 0 amide bonds. The molecule has 0 unspecified atom stereocenters. The molecule has 0 aliphatic rings. The molecule has 0 fully saturated rings. The Hall–Kier alpha value is 0.957. The van der Waals surface area contributed by atoms with Crippen LogP contribution in [0.15, 0.2) is 24.3 Å². The predicted molar refractivity (Wildman–Crippen MR) is 53.8 cm³/mol. The molecule has 11 heteroatoms. The number of hydrogen-bond acceptors (Lipinski definition) is 5. The Balaban J connectivity index is -0.000000125. The van der Waals surface area contributed by atoms with E-state index in [0.717, 1.165) is 0 Å². The molecule has 0 radical (unpaired) electrons. The maximum absolute atomic E-state index is 10.5. The van der Waals surface area contributed by atoms with E-state index in [-0.39, 0.29) is 62.1 Å². The van der Waals surface area contributed by atoms with Crippen molar-refractivity contribution in [3.05, 3.63) is 29.8 Å². The van der Waals surface area contributed by atoms with Crippen molar-refractivity contribution in [3.8, 4) is 5.75 Å². The molecular weight excluding hydrogens is 339 g/mol. The maximum atomic E-state index is 10.5. The summed E-state index contributed by atoms with van der Waals surface area (Å²) in [7, 11) is -2.92. The number of carbonyl (C=O) groups is 1. The van der Waals surface area contributed by atoms with Gasteiger partial charge < -0.3 is 23.2 Å². The van der Waals surface area contributed by atoms with Gasteiger partial charge in [-0.25, -0.2) is 4.79 Å². The van der Waals surface area contributed by atoms with Crippen LogP contribution in [0.2, 0.25) is 0 Å². The number of halogens is 1. The Labute approximate surface area is 155 Å². The monoisotopic (exact) mass is 344 g/mol. The molecule has 0 aliphatic carbocycles. The van der Waals surface area contributed by atoms with Crippen LogP contribution < -0.4 is 74.7 Å². The Morgan fingerprint density at radius 2 is 1.56 bits per heavy atom. The van der Waals surface area contributed by atoms with Crippen LogP contribution in [0.5, 0.6) is 5.75 Å². The van der Waals surface area contributed by atoms with Crippen molar-refractivity contribution in [2.75, 3.05) is 0 Å². The summed E-state index contributed by atoms with van der Waals surface area (Å²) in [6.07, 6.45) is 0. The fraction of sp³-hybridized carbons (Fsp3) is 0. The maximum Gasteiger partial charge on any atom is 1.00 e. The van der Waals surface area contributed by atoms with Crippen LogP contribution in [0.1, 0.15) is 10.4 Å². The second-order valence-corrected chi connectivity index (χ2v) is 2.61. The fourth-order valence-corrected chi connectivity index (χ4v) is 1.09. The summed E-state index contributed by atoms with van der Waals surface area (Å²) in [4.78, 5) is 10.5. The number of hydrogen-bond donors (Lipinski definition) is 1. The first-order valence-corrected chi connectivity index (χ1v) is 4.45. The smallest absolute Gasteiger partial charge is 0.907 e. The number of carboxylic acid groups (broad SMARTS) is 1.